The van der Waals surface area contributed by atoms with Crippen molar-refractivity contribution in [3.8, 4) is 5.75 Å². The number of hydrogen-bond acceptors (Lipinski definition) is 5. The van der Waals surface area contributed by atoms with Crippen LogP contribution in [0.5, 0.6) is 5.75 Å². The van der Waals surface area contributed by atoms with Gasteiger partial charge in [0.1, 0.15) is 6.04 Å². The first kappa shape index (κ1) is 20.8. The Morgan fingerprint density at radius 1 is 1.17 bits per heavy atom. The summed E-state index contributed by atoms with van der Waals surface area (Å²) >= 11 is 0. The predicted molar refractivity (Wildman–Crippen MR) is 109 cm³/mol. The Balaban J connectivity index is 1.51. The number of amides is 1. The van der Waals surface area contributed by atoms with Crippen LogP contribution in [0.1, 0.15) is 18.4 Å². The van der Waals surface area contributed by atoms with E-state index in [0.717, 1.165) is 16.5 Å². The summed E-state index contributed by atoms with van der Waals surface area (Å²) in [5, 5.41) is 23.9. The molecule has 0 aliphatic heterocycles. The zero-order valence-electron chi connectivity index (χ0n) is 16.0. The SMILES string of the molecule is O=C(CCCOc1ccccc1[N+](=O)[O-])NC(Cc1c[nH]c2ccccc12)C(=O)O. The maximum Gasteiger partial charge on any atom is 0.326 e. The van der Waals surface area contributed by atoms with Crippen LogP contribution in [-0.2, 0) is 16.0 Å². The highest BCUT2D eigenvalue weighted by Crippen LogP contribution is 2.26. The third-order valence-electron chi connectivity index (χ3n) is 4.60. The number of nitrogens with one attached hydrogen (secondary N) is 2. The molecule has 9 heteroatoms. The predicted octanol–water partition coefficient (Wildman–Crippen LogP) is 3.05. The summed E-state index contributed by atoms with van der Waals surface area (Å²) in [6.07, 6.45) is 2.22. The fourth-order valence-electron chi connectivity index (χ4n) is 3.13. The van der Waals surface area contributed by atoms with Crippen molar-refractivity contribution in [3.63, 3.8) is 0 Å². The Morgan fingerprint density at radius 3 is 2.67 bits per heavy atom. The van der Waals surface area contributed by atoms with Crippen LogP contribution in [0.15, 0.2) is 54.7 Å². The molecule has 1 heterocycles. The molecule has 9 nitrogen and oxygen atoms in total. The number of carboxylic acids is 1. The third-order valence-corrected chi connectivity index (χ3v) is 4.60. The lowest BCUT2D eigenvalue weighted by Gasteiger charge is -2.14. The lowest BCUT2D eigenvalue weighted by Crippen LogP contribution is -2.42. The molecule has 1 atom stereocenters. The highest BCUT2D eigenvalue weighted by atomic mass is 16.6. The number of aliphatic carboxylic acids is 1. The number of aromatic amines is 1. The van der Waals surface area contributed by atoms with Crippen LogP contribution in [-0.4, -0.2) is 39.5 Å². The minimum absolute atomic E-state index is 0.0400. The van der Waals surface area contributed by atoms with E-state index in [1.807, 2.05) is 24.3 Å². The normalized spacial score (nSPS) is 11.7. The van der Waals surface area contributed by atoms with Gasteiger partial charge in [0.2, 0.25) is 5.91 Å². The number of fused-ring (bicyclic) bond motifs is 1. The van der Waals surface area contributed by atoms with Crippen molar-refractivity contribution in [2.75, 3.05) is 6.61 Å². The Labute approximate surface area is 171 Å². The zero-order chi connectivity index (χ0) is 21.5. The molecule has 0 radical (unpaired) electrons. The van der Waals surface area contributed by atoms with E-state index in [-0.39, 0.29) is 37.3 Å². The molecule has 3 N–H and O–H groups in total. The number of nitro benzene ring substituents is 1. The molecule has 0 aliphatic rings. The second kappa shape index (κ2) is 9.55. The number of nitrogens with zero attached hydrogens (tertiary/aromatic N) is 1. The van der Waals surface area contributed by atoms with E-state index in [4.69, 9.17) is 4.74 Å². The number of benzene rings is 2. The van der Waals surface area contributed by atoms with Crippen LogP contribution in [0.4, 0.5) is 5.69 Å². The van der Waals surface area contributed by atoms with E-state index in [1.165, 1.54) is 18.2 Å². The van der Waals surface area contributed by atoms with E-state index in [9.17, 15) is 24.8 Å². The molecular formula is C21H21N3O6. The number of para-hydroxylation sites is 3. The number of carbonyl (C=O) groups excluding carboxylic acids is 1. The Hall–Kier alpha value is -3.88. The number of ether oxygens (including phenoxy) is 1. The van der Waals surface area contributed by atoms with Crippen molar-refractivity contribution in [1.29, 1.82) is 0 Å². The monoisotopic (exact) mass is 411 g/mol. The molecule has 1 aromatic heterocycles. The number of H-pyrrole nitrogens is 1. The molecule has 0 spiro atoms. The molecular weight excluding hydrogens is 390 g/mol. The van der Waals surface area contributed by atoms with Gasteiger partial charge in [-0.2, -0.15) is 0 Å². The Kier molecular flexibility index (Phi) is 6.63. The molecule has 2 aromatic carbocycles. The average molecular weight is 411 g/mol. The van der Waals surface area contributed by atoms with Gasteiger partial charge in [-0.25, -0.2) is 4.79 Å². The van der Waals surface area contributed by atoms with Gasteiger partial charge in [0, 0.05) is 36.0 Å². The van der Waals surface area contributed by atoms with Crippen molar-refractivity contribution in [2.45, 2.75) is 25.3 Å². The van der Waals surface area contributed by atoms with Gasteiger partial charge in [0.15, 0.2) is 5.75 Å². The second-order valence-electron chi connectivity index (χ2n) is 6.70. The fourth-order valence-corrected chi connectivity index (χ4v) is 3.13. The van der Waals surface area contributed by atoms with Crippen LogP contribution < -0.4 is 10.1 Å². The molecule has 0 fully saturated rings. The zero-order valence-corrected chi connectivity index (χ0v) is 16.0. The summed E-state index contributed by atoms with van der Waals surface area (Å²) in [4.78, 5) is 37.3. The number of carbonyl (C=O) groups is 2. The third kappa shape index (κ3) is 5.13. The lowest BCUT2D eigenvalue weighted by atomic mass is 10.0. The molecule has 3 rings (SSSR count). The minimum Gasteiger partial charge on any atom is -0.487 e. The average Bonchev–Trinajstić information content (AvgIpc) is 3.14. The van der Waals surface area contributed by atoms with Crippen molar-refractivity contribution in [3.05, 3.63) is 70.4 Å². The summed E-state index contributed by atoms with van der Waals surface area (Å²) in [6, 6.07) is 12.5. The standard InChI is InChI=1S/C21H21N3O6/c25-20(10-5-11-30-19-9-4-3-8-18(19)24(28)29)23-17(21(26)27)12-14-13-22-16-7-2-1-6-15(14)16/h1-4,6-9,13,17,22H,5,10-12H2,(H,23,25)(H,26,27). The van der Waals surface area contributed by atoms with E-state index in [2.05, 4.69) is 10.3 Å². The van der Waals surface area contributed by atoms with Crippen LogP contribution in [0, 0.1) is 10.1 Å². The molecule has 0 saturated carbocycles. The number of rotatable bonds is 10. The number of carboxylic acid groups (broad SMARTS) is 1. The van der Waals surface area contributed by atoms with Gasteiger partial charge >= 0.3 is 11.7 Å². The molecule has 30 heavy (non-hydrogen) atoms. The topological polar surface area (TPSA) is 135 Å². The van der Waals surface area contributed by atoms with Gasteiger partial charge in [0.25, 0.3) is 0 Å². The molecule has 3 aromatic rings. The molecule has 1 amide bonds. The van der Waals surface area contributed by atoms with Crippen molar-refractivity contribution >= 4 is 28.5 Å². The van der Waals surface area contributed by atoms with Crippen LogP contribution in [0.2, 0.25) is 0 Å². The molecule has 0 bridgehead atoms. The van der Waals surface area contributed by atoms with E-state index in [0.29, 0.717) is 0 Å². The summed E-state index contributed by atoms with van der Waals surface area (Å²) in [5.74, 6) is -1.41. The van der Waals surface area contributed by atoms with Gasteiger partial charge in [0.05, 0.1) is 11.5 Å². The van der Waals surface area contributed by atoms with E-state index >= 15 is 0 Å². The molecule has 1 unspecified atom stereocenters. The lowest BCUT2D eigenvalue weighted by molar-refractivity contribution is -0.385. The van der Waals surface area contributed by atoms with E-state index < -0.39 is 22.8 Å². The fraction of sp³-hybridized carbons (Fsp3) is 0.238. The summed E-state index contributed by atoms with van der Waals surface area (Å²) < 4.78 is 5.39. The van der Waals surface area contributed by atoms with Crippen LogP contribution in [0.3, 0.4) is 0 Å². The van der Waals surface area contributed by atoms with Gasteiger partial charge in [-0.3, -0.25) is 14.9 Å². The Bertz CT molecular complexity index is 1060. The van der Waals surface area contributed by atoms with Crippen LogP contribution in [0.25, 0.3) is 10.9 Å². The summed E-state index contributed by atoms with van der Waals surface area (Å²) in [7, 11) is 0. The number of aromatic nitrogens is 1. The second-order valence-corrected chi connectivity index (χ2v) is 6.70. The number of nitro groups is 1. The maximum absolute atomic E-state index is 12.2. The summed E-state index contributed by atoms with van der Waals surface area (Å²) in [6.45, 7) is 0.0957. The smallest absolute Gasteiger partial charge is 0.326 e. The minimum atomic E-state index is -1.12. The molecule has 0 aliphatic carbocycles. The first-order chi connectivity index (χ1) is 14.5. The largest absolute Gasteiger partial charge is 0.487 e. The molecule has 0 saturated heterocycles. The highest BCUT2D eigenvalue weighted by Gasteiger charge is 2.22. The quantitative estimate of drug-likeness (QED) is 0.267. The van der Waals surface area contributed by atoms with Crippen molar-refractivity contribution < 1.29 is 24.4 Å². The number of hydrogen-bond donors (Lipinski definition) is 3. The van der Waals surface area contributed by atoms with Crippen molar-refractivity contribution in [1.82, 2.24) is 10.3 Å². The van der Waals surface area contributed by atoms with Crippen molar-refractivity contribution in [2.24, 2.45) is 0 Å². The maximum atomic E-state index is 12.2. The van der Waals surface area contributed by atoms with Gasteiger partial charge in [-0.1, -0.05) is 30.3 Å². The van der Waals surface area contributed by atoms with Crippen LogP contribution >= 0.6 is 0 Å². The highest BCUT2D eigenvalue weighted by molar-refractivity contribution is 5.86. The first-order valence-electron chi connectivity index (χ1n) is 9.39. The summed E-state index contributed by atoms with van der Waals surface area (Å²) in [5.41, 5.74) is 1.56. The first-order valence-corrected chi connectivity index (χ1v) is 9.39. The van der Waals surface area contributed by atoms with E-state index in [1.54, 1.807) is 12.3 Å². The van der Waals surface area contributed by atoms with Gasteiger partial charge < -0.3 is 20.1 Å². The van der Waals surface area contributed by atoms with Gasteiger partial charge in [-0.05, 0) is 24.1 Å². The molecule has 156 valence electrons. The Morgan fingerprint density at radius 2 is 1.90 bits per heavy atom. The van der Waals surface area contributed by atoms with Gasteiger partial charge in [-0.15, -0.1) is 0 Å².